The van der Waals surface area contributed by atoms with Crippen molar-refractivity contribution in [3.8, 4) is 11.6 Å². The fourth-order valence-corrected chi connectivity index (χ4v) is 2.36. The molecule has 1 N–H and O–H groups in total. The number of nitrogens with zero attached hydrogens (tertiary/aromatic N) is 2. The van der Waals surface area contributed by atoms with Gasteiger partial charge in [0.1, 0.15) is 11.6 Å². The van der Waals surface area contributed by atoms with E-state index in [1.165, 1.54) is 4.72 Å². The molecule has 0 radical (unpaired) electrons. The van der Waals surface area contributed by atoms with Crippen molar-refractivity contribution in [3.05, 3.63) is 47.2 Å². The lowest BCUT2D eigenvalue weighted by Gasteiger charge is -2.10. The number of ether oxygens (including phenoxy) is 1. The molecule has 0 unspecified atom stereocenters. The van der Waals surface area contributed by atoms with Crippen molar-refractivity contribution in [2.24, 2.45) is 0 Å². The smallest absolute Gasteiger partial charge is 0.267 e. The first-order valence-corrected chi connectivity index (χ1v) is 9.20. The summed E-state index contributed by atoms with van der Waals surface area (Å²) in [5, 5.41) is 0. The Hall–Kier alpha value is -2.69. The zero-order valence-corrected chi connectivity index (χ0v) is 14.5. The van der Waals surface area contributed by atoms with E-state index >= 15 is 0 Å². The number of carbonyl (C=O) groups is 1. The molecule has 7 nitrogen and oxygen atoms in total. The van der Waals surface area contributed by atoms with Crippen LogP contribution in [0.15, 0.2) is 18.3 Å². The van der Waals surface area contributed by atoms with Gasteiger partial charge in [-0.05, 0) is 12.5 Å². The fourth-order valence-electron chi connectivity index (χ4n) is 1.91. The third-order valence-corrected chi connectivity index (χ3v) is 3.54. The van der Waals surface area contributed by atoms with Gasteiger partial charge in [0.05, 0.1) is 18.0 Å². The van der Waals surface area contributed by atoms with Crippen LogP contribution in [0.4, 0.5) is 13.2 Å². The van der Waals surface area contributed by atoms with Gasteiger partial charge in [-0.15, -0.1) is 0 Å². The minimum absolute atomic E-state index is 0.258. The number of hydrogen-bond acceptors (Lipinski definition) is 6. The van der Waals surface area contributed by atoms with Gasteiger partial charge in [0.2, 0.25) is 15.8 Å². The lowest BCUT2D eigenvalue weighted by Crippen LogP contribution is -2.30. The highest BCUT2D eigenvalue weighted by Crippen LogP contribution is 2.27. The highest BCUT2D eigenvalue weighted by Gasteiger charge is 2.21. The number of nitrogens with one attached hydrogen (secondary N) is 1. The molecular weight excluding hydrogens is 375 g/mol. The molecule has 1 aromatic carbocycles. The number of aromatic nitrogens is 2. The largest absolute Gasteiger partial charge is 0.433 e. The molecule has 1 heterocycles. The molecule has 0 bridgehead atoms. The van der Waals surface area contributed by atoms with Crippen molar-refractivity contribution in [3.63, 3.8) is 0 Å². The second-order valence-electron chi connectivity index (χ2n) is 5.26. The van der Waals surface area contributed by atoms with Gasteiger partial charge in [-0.25, -0.2) is 26.9 Å². The van der Waals surface area contributed by atoms with Crippen molar-refractivity contribution in [1.82, 2.24) is 14.7 Å². The first kappa shape index (κ1) is 19.6. The molecular formula is C15H14F3N3O4S. The van der Waals surface area contributed by atoms with Crippen molar-refractivity contribution in [1.29, 1.82) is 0 Å². The van der Waals surface area contributed by atoms with Gasteiger partial charge in [0.25, 0.3) is 11.8 Å². The number of hydrogen-bond donors (Lipinski definition) is 1. The van der Waals surface area contributed by atoms with Crippen LogP contribution in [0, 0.1) is 17.5 Å². The van der Waals surface area contributed by atoms with E-state index in [0.717, 1.165) is 6.20 Å². The number of sulfonamides is 1. The number of aryl methyl sites for hydroxylation is 1. The maximum Gasteiger partial charge on any atom is 0.267 e. The minimum atomic E-state index is -3.96. The lowest BCUT2D eigenvalue weighted by molar-refractivity contribution is 0.0977. The molecule has 0 atom stereocenters. The second-order valence-corrected chi connectivity index (χ2v) is 7.01. The molecule has 0 saturated heterocycles. The quantitative estimate of drug-likeness (QED) is 0.814. The van der Waals surface area contributed by atoms with Crippen molar-refractivity contribution in [2.75, 3.05) is 6.26 Å². The molecule has 11 heteroatoms. The summed E-state index contributed by atoms with van der Waals surface area (Å²) in [5.74, 6) is -5.87. The summed E-state index contributed by atoms with van der Waals surface area (Å²) in [7, 11) is -3.96. The fraction of sp³-hybridized carbons (Fsp3) is 0.267. The van der Waals surface area contributed by atoms with Crippen LogP contribution in [-0.2, 0) is 16.4 Å². The van der Waals surface area contributed by atoms with E-state index in [1.54, 1.807) is 0 Å². The average molecular weight is 389 g/mol. The normalized spacial score (nSPS) is 11.3. The first-order valence-electron chi connectivity index (χ1n) is 7.31. The molecule has 1 aromatic heterocycles. The van der Waals surface area contributed by atoms with Crippen LogP contribution in [-0.4, -0.2) is 30.5 Å². The first-order chi connectivity index (χ1) is 12.1. The van der Waals surface area contributed by atoms with E-state index in [4.69, 9.17) is 4.74 Å². The van der Waals surface area contributed by atoms with Crippen LogP contribution in [0.3, 0.4) is 0 Å². The Morgan fingerprint density at radius 3 is 2.50 bits per heavy atom. The number of amides is 1. The number of benzene rings is 1. The summed E-state index contributed by atoms with van der Waals surface area (Å²) in [6.07, 6.45) is 2.63. The molecule has 2 aromatic rings. The van der Waals surface area contributed by atoms with E-state index in [9.17, 15) is 26.4 Å². The van der Waals surface area contributed by atoms with E-state index < -0.39 is 50.6 Å². The molecule has 2 rings (SSSR count). The highest BCUT2D eigenvalue weighted by molar-refractivity contribution is 7.89. The highest BCUT2D eigenvalue weighted by atomic mass is 32.2. The molecule has 140 valence electrons. The maximum atomic E-state index is 14.1. The van der Waals surface area contributed by atoms with Crippen LogP contribution in [0.5, 0.6) is 11.6 Å². The van der Waals surface area contributed by atoms with E-state index in [2.05, 4.69) is 9.97 Å². The Bertz CT molecular complexity index is 951. The molecule has 1 amide bonds. The maximum absolute atomic E-state index is 14.1. The molecule has 26 heavy (non-hydrogen) atoms. The Kier molecular flexibility index (Phi) is 5.80. The monoisotopic (exact) mass is 389 g/mol. The van der Waals surface area contributed by atoms with Crippen molar-refractivity contribution < 1.29 is 31.1 Å². The van der Waals surface area contributed by atoms with Gasteiger partial charge >= 0.3 is 0 Å². The van der Waals surface area contributed by atoms with Crippen LogP contribution in [0.1, 0.15) is 29.5 Å². The van der Waals surface area contributed by atoms with Gasteiger partial charge in [0, 0.05) is 12.5 Å². The Balaban J connectivity index is 2.34. The third-order valence-electron chi connectivity index (χ3n) is 2.99. The van der Waals surface area contributed by atoms with Crippen LogP contribution in [0.2, 0.25) is 0 Å². The summed E-state index contributed by atoms with van der Waals surface area (Å²) in [4.78, 5) is 19.2. The number of carbonyl (C=O) groups excluding carboxylic acids is 1. The predicted molar refractivity (Wildman–Crippen MR) is 84.7 cm³/mol. The zero-order chi connectivity index (χ0) is 19.5. The van der Waals surface area contributed by atoms with E-state index in [0.29, 0.717) is 31.2 Å². The van der Waals surface area contributed by atoms with Crippen LogP contribution < -0.4 is 9.46 Å². The molecule has 0 aliphatic heterocycles. The third kappa shape index (κ3) is 4.91. The molecule has 0 saturated carbocycles. The summed E-state index contributed by atoms with van der Waals surface area (Å²) in [6.45, 7) is 1.85. The Labute approximate surface area is 147 Å². The van der Waals surface area contributed by atoms with Gasteiger partial charge in [-0.2, -0.15) is 9.37 Å². The van der Waals surface area contributed by atoms with E-state index in [1.807, 2.05) is 6.92 Å². The van der Waals surface area contributed by atoms with E-state index in [-0.39, 0.29) is 5.82 Å². The molecule has 0 spiro atoms. The van der Waals surface area contributed by atoms with Crippen molar-refractivity contribution in [2.45, 2.75) is 19.8 Å². The molecule has 0 fully saturated rings. The van der Waals surface area contributed by atoms with Gasteiger partial charge < -0.3 is 4.74 Å². The second kappa shape index (κ2) is 7.68. The minimum Gasteiger partial charge on any atom is -0.433 e. The standard InChI is InChI=1S/C15H14F3N3O4S/c1-3-4-13-19-7-11(18)15(20-13)25-12-6-9(16)8(5-10(12)17)14(22)21-26(2,23)24/h5-7H,3-4H2,1-2H3,(H,21,22). The molecule has 0 aliphatic rings. The Morgan fingerprint density at radius 2 is 1.88 bits per heavy atom. The lowest BCUT2D eigenvalue weighted by atomic mass is 10.2. The number of halogens is 3. The van der Waals surface area contributed by atoms with Gasteiger partial charge in [-0.3, -0.25) is 4.79 Å². The summed E-state index contributed by atoms with van der Waals surface area (Å²) in [6, 6.07) is 0.935. The van der Waals surface area contributed by atoms with Crippen LogP contribution >= 0.6 is 0 Å². The SMILES string of the molecule is CCCc1ncc(F)c(Oc2cc(F)c(C(=O)NS(C)(=O)=O)cc2F)n1. The topological polar surface area (TPSA) is 98.2 Å². The van der Waals surface area contributed by atoms with Crippen molar-refractivity contribution >= 4 is 15.9 Å². The van der Waals surface area contributed by atoms with Gasteiger partial charge in [-0.1, -0.05) is 6.92 Å². The van der Waals surface area contributed by atoms with Crippen LogP contribution in [0.25, 0.3) is 0 Å². The predicted octanol–water partition coefficient (Wildman–Crippen LogP) is 2.33. The zero-order valence-electron chi connectivity index (χ0n) is 13.7. The summed E-state index contributed by atoms with van der Waals surface area (Å²) >= 11 is 0. The Morgan fingerprint density at radius 1 is 1.19 bits per heavy atom. The summed E-state index contributed by atoms with van der Waals surface area (Å²) in [5.41, 5.74) is -0.852. The summed E-state index contributed by atoms with van der Waals surface area (Å²) < 4.78 is 70.3. The average Bonchev–Trinajstić information content (AvgIpc) is 2.52. The number of rotatable bonds is 6. The molecule has 0 aliphatic carbocycles. The van der Waals surface area contributed by atoms with Gasteiger partial charge in [0.15, 0.2) is 11.6 Å².